The number of carbonyl (C=O) groups excluding carboxylic acids is 2. The summed E-state index contributed by atoms with van der Waals surface area (Å²) in [6.45, 7) is 5.08. The third kappa shape index (κ3) is 3.94. The summed E-state index contributed by atoms with van der Waals surface area (Å²) in [7, 11) is 0. The van der Waals surface area contributed by atoms with E-state index in [1.54, 1.807) is 23.1 Å². The minimum absolute atomic E-state index is 0. The zero-order chi connectivity index (χ0) is 16.4. The van der Waals surface area contributed by atoms with Gasteiger partial charge >= 0.3 is 6.03 Å². The highest BCUT2D eigenvalue weighted by Gasteiger charge is 2.26. The molecule has 2 aliphatic rings. The first kappa shape index (κ1) is 18.8. The van der Waals surface area contributed by atoms with E-state index in [0.29, 0.717) is 35.3 Å². The number of rotatable bonds is 3. The Kier molecular flexibility index (Phi) is 6.32. The fraction of sp³-hybridized carbons (Fsp3) is 0.500. The van der Waals surface area contributed by atoms with Gasteiger partial charge in [0.25, 0.3) is 5.91 Å². The largest absolute Gasteiger partial charge is 0.349 e. The van der Waals surface area contributed by atoms with Crippen LogP contribution in [-0.4, -0.2) is 44.2 Å². The third-order valence-corrected chi connectivity index (χ3v) is 4.78. The van der Waals surface area contributed by atoms with Crippen molar-refractivity contribution in [3.8, 4) is 0 Å². The van der Waals surface area contributed by atoms with Crippen molar-refractivity contribution in [3.05, 3.63) is 28.8 Å². The van der Waals surface area contributed by atoms with Crippen molar-refractivity contribution in [3.63, 3.8) is 0 Å². The lowest BCUT2D eigenvalue weighted by Gasteiger charge is -2.30. The van der Waals surface area contributed by atoms with Crippen LogP contribution in [0.3, 0.4) is 0 Å². The fourth-order valence-corrected chi connectivity index (χ4v) is 3.26. The molecule has 2 fully saturated rings. The molecule has 3 amide bonds. The van der Waals surface area contributed by atoms with Gasteiger partial charge in [0.1, 0.15) is 0 Å². The summed E-state index contributed by atoms with van der Waals surface area (Å²) in [5.74, 6) is 0.269. The molecule has 24 heavy (non-hydrogen) atoms. The first-order valence-corrected chi connectivity index (χ1v) is 8.30. The normalized spacial score (nSPS) is 23.4. The van der Waals surface area contributed by atoms with Crippen LogP contribution >= 0.6 is 24.0 Å². The van der Waals surface area contributed by atoms with Gasteiger partial charge in [-0.3, -0.25) is 9.69 Å². The summed E-state index contributed by atoms with van der Waals surface area (Å²) >= 11 is 6.20. The number of nitrogens with zero attached hydrogens (tertiary/aromatic N) is 1. The zero-order valence-corrected chi connectivity index (χ0v) is 15.0. The van der Waals surface area contributed by atoms with Crippen LogP contribution in [0.1, 0.15) is 23.7 Å². The van der Waals surface area contributed by atoms with Crippen molar-refractivity contribution in [1.82, 2.24) is 16.0 Å². The van der Waals surface area contributed by atoms with Crippen LogP contribution in [0.15, 0.2) is 18.2 Å². The molecular weight excluding hydrogens is 351 g/mol. The smallest absolute Gasteiger partial charge is 0.322 e. The lowest BCUT2D eigenvalue weighted by molar-refractivity contribution is 0.0914. The minimum atomic E-state index is -0.184. The van der Waals surface area contributed by atoms with Crippen LogP contribution in [0.25, 0.3) is 0 Å². The van der Waals surface area contributed by atoms with Gasteiger partial charge in [-0.1, -0.05) is 18.5 Å². The third-order valence-electron chi connectivity index (χ3n) is 4.46. The van der Waals surface area contributed by atoms with Gasteiger partial charge in [-0.15, -0.1) is 12.4 Å². The highest BCUT2D eigenvalue weighted by atomic mass is 35.5. The number of hydrogen-bond donors (Lipinski definition) is 3. The van der Waals surface area contributed by atoms with Crippen molar-refractivity contribution >= 4 is 41.6 Å². The van der Waals surface area contributed by atoms with Crippen molar-refractivity contribution < 1.29 is 9.59 Å². The maximum atomic E-state index is 12.5. The first-order valence-electron chi connectivity index (χ1n) is 7.93. The molecule has 0 bridgehead atoms. The van der Waals surface area contributed by atoms with E-state index in [9.17, 15) is 9.59 Å². The molecule has 0 radical (unpaired) electrons. The van der Waals surface area contributed by atoms with Crippen LogP contribution in [0.2, 0.25) is 5.02 Å². The lowest BCUT2D eigenvalue weighted by Crippen LogP contribution is -2.48. The second-order valence-corrected chi connectivity index (χ2v) is 6.51. The molecule has 2 atom stereocenters. The summed E-state index contributed by atoms with van der Waals surface area (Å²) in [6.07, 6.45) is 0.919. The fourth-order valence-electron chi connectivity index (χ4n) is 3.04. The Morgan fingerprint density at radius 1 is 1.38 bits per heavy atom. The highest BCUT2D eigenvalue weighted by Crippen LogP contribution is 2.28. The SMILES string of the molecule is CC1CNCCC1NC(=O)c1ccc(Cl)c(N2CCNC2=O)c1.Cl. The van der Waals surface area contributed by atoms with Crippen LogP contribution < -0.4 is 20.9 Å². The molecule has 2 saturated heterocycles. The van der Waals surface area contributed by atoms with Crippen LogP contribution in [0, 0.1) is 5.92 Å². The molecule has 3 N–H and O–H groups in total. The predicted octanol–water partition coefficient (Wildman–Crippen LogP) is 2.02. The van der Waals surface area contributed by atoms with E-state index in [1.165, 1.54) is 0 Å². The van der Waals surface area contributed by atoms with E-state index in [2.05, 4.69) is 22.9 Å². The van der Waals surface area contributed by atoms with Gasteiger partial charge in [-0.2, -0.15) is 0 Å². The number of halogens is 2. The van der Waals surface area contributed by atoms with Gasteiger partial charge in [-0.05, 0) is 43.6 Å². The maximum absolute atomic E-state index is 12.5. The number of carbonyl (C=O) groups is 2. The molecule has 0 spiro atoms. The number of amides is 3. The molecule has 0 aromatic heterocycles. The van der Waals surface area contributed by atoms with Crippen LogP contribution in [-0.2, 0) is 0 Å². The van der Waals surface area contributed by atoms with Gasteiger partial charge in [0, 0.05) is 24.7 Å². The summed E-state index contributed by atoms with van der Waals surface area (Å²) < 4.78 is 0. The van der Waals surface area contributed by atoms with E-state index in [0.717, 1.165) is 19.5 Å². The van der Waals surface area contributed by atoms with Gasteiger partial charge in [-0.25, -0.2) is 4.79 Å². The molecule has 132 valence electrons. The topological polar surface area (TPSA) is 73.5 Å². The Hall–Kier alpha value is -1.50. The summed E-state index contributed by atoms with van der Waals surface area (Å²) in [6, 6.07) is 5.03. The monoisotopic (exact) mass is 372 g/mol. The van der Waals surface area contributed by atoms with E-state index in [1.807, 2.05) is 0 Å². The number of anilines is 1. The molecular formula is C16H22Cl2N4O2. The molecule has 2 aliphatic heterocycles. The van der Waals surface area contributed by atoms with Gasteiger partial charge in [0.2, 0.25) is 0 Å². The van der Waals surface area contributed by atoms with E-state index >= 15 is 0 Å². The van der Waals surface area contributed by atoms with Crippen molar-refractivity contribution in [1.29, 1.82) is 0 Å². The lowest BCUT2D eigenvalue weighted by atomic mass is 9.95. The Morgan fingerprint density at radius 2 is 2.17 bits per heavy atom. The highest BCUT2D eigenvalue weighted by molar-refractivity contribution is 6.34. The molecule has 1 aromatic rings. The van der Waals surface area contributed by atoms with E-state index in [-0.39, 0.29) is 30.4 Å². The number of piperidine rings is 1. The Balaban J connectivity index is 0.00000208. The Morgan fingerprint density at radius 3 is 2.83 bits per heavy atom. The standard InChI is InChI=1S/C16H21ClN4O2.ClH/c1-10-9-18-5-4-13(10)20-15(22)11-2-3-12(17)14(8-11)21-7-6-19-16(21)23;/h2-3,8,10,13,18H,4-7,9H2,1H3,(H,19,23)(H,20,22);1H. The van der Waals surface area contributed by atoms with Crippen LogP contribution in [0.4, 0.5) is 10.5 Å². The van der Waals surface area contributed by atoms with E-state index in [4.69, 9.17) is 11.6 Å². The van der Waals surface area contributed by atoms with Gasteiger partial charge in [0.05, 0.1) is 10.7 Å². The van der Waals surface area contributed by atoms with Crippen LogP contribution in [0.5, 0.6) is 0 Å². The number of benzene rings is 1. The zero-order valence-electron chi connectivity index (χ0n) is 13.5. The summed E-state index contributed by atoms with van der Waals surface area (Å²) in [5, 5.41) is 9.61. The Bertz CT molecular complexity index is 626. The summed E-state index contributed by atoms with van der Waals surface area (Å²) in [5.41, 5.74) is 1.10. The quantitative estimate of drug-likeness (QED) is 0.759. The van der Waals surface area contributed by atoms with E-state index < -0.39 is 0 Å². The van der Waals surface area contributed by atoms with Gasteiger partial charge < -0.3 is 16.0 Å². The van der Waals surface area contributed by atoms with Crippen molar-refractivity contribution in [2.24, 2.45) is 5.92 Å². The summed E-state index contributed by atoms with van der Waals surface area (Å²) in [4.78, 5) is 25.9. The molecule has 2 unspecified atom stereocenters. The molecule has 3 rings (SSSR count). The minimum Gasteiger partial charge on any atom is -0.349 e. The average Bonchev–Trinajstić information content (AvgIpc) is 2.96. The first-order chi connectivity index (χ1) is 11.1. The van der Waals surface area contributed by atoms with Gasteiger partial charge in [0.15, 0.2) is 0 Å². The molecule has 2 heterocycles. The Labute approximate surface area is 152 Å². The maximum Gasteiger partial charge on any atom is 0.322 e. The average molecular weight is 373 g/mol. The van der Waals surface area contributed by atoms with Crippen molar-refractivity contribution in [2.45, 2.75) is 19.4 Å². The number of nitrogens with one attached hydrogen (secondary N) is 3. The molecule has 1 aromatic carbocycles. The molecule has 0 saturated carbocycles. The van der Waals surface area contributed by atoms with Crippen molar-refractivity contribution in [2.75, 3.05) is 31.1 Å². The second-order valence-electron chi connectivity index (χ2n) is 6.10. The molecule has 8 heteroatoms. The predicted molar refractivity (Wildman–Crippen MR) is 97.3 cm³/mol. The molecule has 0 aliphatic carbocycles. The number of hydrogen-bond acceptors (Lipinski definition) is 3. The number of urea groups is 1. The second kappa shape index (κ2) is 8.05. The molecule has 6 nitrogen and oxygen atoms in total.